The van der Waals surface area contributed by atoms with E-state index >= 15 is 0 Å². The van der Waals surface area contributed by atoms with Crippen LogP contribution in [0.3, 0.4) is 0 Å². The monoisotopic (exact) mass is 211 g/mol. The van der Waals surface area contributed by atoms with Crippen molar-refractivity contribution in [3.8, 4) is 6.07 Å². The Morgan fingerprint density at radius 2 is 2.23 bits per heavy atom. The molecule has 3 nitrogen and oxygen atoms in total. The SMILES string of the molecule is N#Cc1cc(Cl)c2c(Cl)nccn12. The zero-order chi connectivity index (χ0) is 9.42. The highest BCUT2D eigenvalue weighted by Crippen LogP contribution is 2.26. The Morgan fingerprint density at radius 1 is 1.46 bits per heavy atom. The van der Waals surface area contributed by atoms with E-state index in [1.807, 2.05) is 6.07 Å². The van der Waals surface area contributed by atoms with Crippen LogP contribution < -0.4 is 0 Å². The third-order valence-corrected chi connectivity index (χ3v) is 2.27. The van der Waals surface area contributed by atoms with Crippen molar-refractivity contribution in [1.82, 2.24) is 9.38 Å². The summed E-state index contributed by atoms with van der Waals surface area (Å²) in [4.78, 5) is 3.87. The lowest BCUT2D eigenvalue weighted by atomic mass is 10.5. The molecule has 64 valence electrons. The number of hydrogen-bond donors (Lipinski definition) is 0. The molecular formula is C8H3Cl2N3. The van der Waals surface area contributed by atoms with Crippen LogP contribution in [0.25, 0.3) is 5.52 Å². The summed E-state index contributed by atoms with van der Waals surface area (Å²) in [5, 5.41) is 9.49. The van der Waals surface area contributed by atoms with Crippen LogP contribution in [0.1, 0.15) is 5.69 Å². The van der Waals surface area contributed by atoms with Gasteiger partial charge in [-0.3, -0.25) is 0 Å². The summed E-state index contributed by atoms with van der Waals surface area (Å²) in [5.41, 5.74) is 1.02. The fourth-order valence-corrected chi connectivity index (χ4v) is 1.74. The molecule has 0 aliphatic carbocycles. The van der Waals surface area contributed by atoms with E-state index in [-0.39, 0.29) is 0 Å². The van der Waals surface area contributed by atoms with Gasteiger partial charge in [0.15, 0.2) is 5.15 Å². The van der Waals surface area contributed by atoms with E-state index in [4.69, 9.17) is 28.5 Å². The molecule has 5 heteroatoms. The van der Waals surface area contributed by atoms with Crippen LogP contribution >= 0.6 is 23.2 Å². The summed E-state index contributed by atoms with van der Waals surface area (Å²) in [7, 11) is 0. The van der Waals surface area contributed by atoms with Crippen LogP contribution in [-0.4, -0.2) is 9.38 Å². The summed E-state index contributed by atoms with van der Waals surface area (Å²) in [6, 6.07) is 3.57. The molecule has 0 N–H and O–H groups in total. The average Bonchev–Trinajstić information content (AvgIpc) is 2.44. The van der Waals surface area contributed by atoms with E-state index in [1.54, 1.807) is 16.7 Å². The van der Waals surface area contributed by atoms with Crippen molar-refractivity contribution < 1.29 is 0 Å². The van der Waals surface area contributed by atoms with Gasteiger partial charge in [0.2, 0.25) is 0 Å². The van der Waals surface area contributed by atoms with Crippen molar-refractivity contribution in [1.29, 1.82) is 5.26 Å². The minimum atomic E-state index is 0.300. The molecule has 0 aliphatic rings. The highest BCUT2D eigenvalue weighted by molar-refractivity contribution is 6.39. The van der Waals surface area contributed by atoms with Gasteiger partial charge in [-0.2, -0.15) is 5.26 Å². The Balaban J connectivity index is 2.98. The summed E-state index contributed by atoms with van der Waals surface area (Å²) < 4.78 is 1.61. The lowest BCUT2D eigenvalue weighted by molar-refractivity contribution is 1.11. The van der Waals surface area contributed by atoms with Crippen LogP contribution in [-0.2, 0) is 0 Å². The summed E-state index contributed by atoms with van der Waals surface area (Å²) in [5.74, 6) is 0. The molecule has 0 saturated carbocycles. The molecule has 0 spiro atoms. The number of nitrogens with zero attached hydrogens (tertiary/aromatic N) is 3. The Kier molecular flexibility index (Phi) is 1.87. The number of fused-ring (bicyclic) bond motifs is 1. The Bertz CT molecular complexity index is 510. The number of aromatic nitrogens is 2. The topological polar surface area (TPSA) is 41.1 Å². The summed E-state index contributed by atoms with van der Waals surface area (Å²) in [6.45, 7) is 0. The van der Waals surface area contributed by atoms with Crippen LogP contribution in [0.2, 0.25) is 10.2 Å². The highest BCUT2D eigenvalue weighted by Gasteiger charge is 2.09. The minimum absolute atomic E-state index is 0.300. The molecule has 0 atom stereocenters. The molecule has 0 aliphatic heterocycles. The van der Waals surface area contributed by atoms with Gasteiger partial charge < -0.3 is 4.40 Å². The van der Waals surface area contributed by atoms with Crippen LogP contribution in [0.4, 0.5) is 0 Å². The molecular weight excluding hydrogens is 209 g/mol. The highest BCUT2D eigenvalue weighted by atomic mass is 35.5. The zero-order valence-corrected chi connectivity index (χ0v) is 7.84. The molecule has 0 amide bonds. The molecule has 0 saturated heterocycles. The van der Waals surface area contributed by atoms with E-state index in [0.717, 1.165) is 0 Å². The molecule has 0 aromatic carbocycles. The lowest BCUT2D eigenvalue weighted by Crippen LogP contribution is -1.88. The molecule has 2 aromatic rings. The second-order valence-corrected chi connectivity index (χ2v) is 3.19. The molecule has 0 fully saturated rings. The van der Waals surface area contributed by atoms with Gasteiger partial charge in [-0.15, -0.1) is 0 Å². The van der Waals surface area contributed by atoms with Crippen LogP contribution in [0, 0.1) is 11.3 Å². The fourth-order valence-electron chi connectivity index (χ4n) is 1.16. The van der Waals surface area contributed by atoms with Gasteiger partial charge in [0.1, 0.15) is 17.3 Å². The Morgan fingerprint density at radius 3 is 2.92 bits per heavy atom. The van der Waals surface area contributed by atoms with Gasteiger partial charge in [0.25, 0.3) is 0 Å². The zero-order valence-electron chi connectivity index (χ0n) is 6.33. The van der Waals surface area contributed by atoms with Crippen molar-refractivity contribution in [3.63, 3.8) is 0 Å². The largest absolute Gasteiger partial charge is 0.302 e. The maximum absolute atomic E-state index is 8.75. The van der Waals surface area contributed by atoms with Crippen molar-refractivity contribution in [2.24, 2.45) is 0 Å². The molecule has 13 heavy (non-hydrogen) atoms. The van der Waals surface area contributed by atoms with Gasteiger partial charge in [-0.05, 0) is 6.07 Å². The number of rotatable bonds is 0. The van der Waals surface area contributed by atoms with Crippen molar-refractivity contribution >= 4 is 28.7 Å². The third-order valence-electron chi connectivity index (χ3n) is 1.70. The van der Waals surface area contributed by atoms with E-state index < -0.39 is 0 Å². The second-order valence-electron chi connectivity index (χ2n) is 2.43. The summed E-state index contributed by atoms with van der Waals surface area (Å²) >= 11 is 11.7. The van der Waals surface area contributed by atoms with E-state index in [2.05, 4.69) is 4.98 Å². The first-order valence-corrected chi connectivity index (χ1v) is 4.21. The lowest BCUT2D eigenvalue weighted by Gasteiger charge is -1.96. The molecule has 0 unspecified atom stereocenters. The maximum Gasteiger partial charge on any atom is 0.154 e. The minimum Gasteiger partial charge on any atom is -0.302 e. The first-order valence-electron chi connectivity index (χ1n) is 3.45. The van der Waals surface area contributed by atoms with E-state index in [1.165, 1.54) is 6.20 Å². The van der Waals surface area contributed by atoms with Gasteiger partial charge >= 0.3 is 0 Å². The smallest absolute Gasteiger partial charge is 0.154 e. The van der Waals surface area contributed by atoms with Gasteiger partial charge in [-0.25, -0.2) is 4.98 Å². The van der Waals surface area contributed by atoms with Gasteiger partial charge in [0.05, 0.1) is 5.02 Å². The van der Waals surface area contributed by atoms with Crippen LogP contribution in [0.5, 0.6) is 0 Å². The molecule has 0 radical (unpaired) electrons. The van der Waals surface area contributed by atoms with Gasteiger partial charge in [-0.1, -0.05) is 23.2 Å². The first-order chi connectivity index (χ1) is 6.24. The normalized spacial score (nSPS) is 10.2. The van der Waals surface area contributed by atoms with Crippen LogP contribution in [0.15, 0.2) is 18.5 Å². The molecule has 2 aromatic heterocycles. The summed E-state index contributed by atoms with van der Waals surface area (Å²) in [6.07, 6.45) is 3.16. The molecule has 0 bridgehead atoms. The quantitative estimate of drug-likeness (QED) is 0.673. The average molecular weight is 212 g/mol. The Labute approximate surface area is 84.1 Å². The van der Waals surface area contributed by atoms with E-state index in [0.29, 0.717) is 21.4 Å². The Hall–Kier alpha value is -1.24. The molecule has 2 heterocycles. The standard InChI is InChI=1S/C8H3Cl2N3/c9-6-3-5(4-11)13-2-1-12-8(10)7(6)13/h1-3H. The fraction of sp³-hybridized carbons (Fsp3) is 0. The number of halogens is 2. The van der Waals surface area contributed by atoms with Crippen molar-refractivity contribution in [3.05, 3.63) is 34.3 Å². The second kappa shape index (κ2) is 2.91. The molecule has 2 rings (SSSR count). The predicted molar refractivity (Wildman–Crippen MR) is 49.9 cm³/mol. The predicted octanol–water partition coefficient (Wildman–Crippen LogP) is 2.51. The van der Waals surface area contributed by atoms with Crippen molar-refractivity contribution in [2.45, 2.75) is 0 Å². The number of hydrogen-bond acceptors (Lipinski definition) is 2. The van der Waals surface area contributed by atoms with E-state index in [9.17, 15) is 0 Å². The number of nitriles is 1. The maximum atomic E-state index is 8.75. The van der Waals surface area contributed by atoms with Crippen molar-refractivity contribution in [2.75, 3.05) is 0 Å². The van der Waals surface area contributed by atoms with Gasteiger partial charge in [0, 0.05) is 12.4 Å². The third kappa shape index (κ3) is 1.15. The first kappa shape index (κ1) is 8.36.